The van der Waals surface area contributed by atoms with E-state index in [0.717, 1.165) is 96.3 Å². The molecule has 422 valence electrons. The van der Waals surface area contributed by atoms with Gasteiger partial charge in [0.15, 0.2) is 6.10 Å². The van der Waals surface area contributed by atoms with Crippen LogP contribution in [0.15, 0.2) is 109 Å². The molecule has 0 aromatic heterocycles. The molecule has 0 amide bonds. The van der Waals surface area contributed by atoms with Crippen molar-refractivity contribution in [1.29, 1.82) is 0 Å². The van der Waals surface area contributed by atoms with Crippen LogP contribution in [0.3, 0.4) is 0 Å². The summed E-state index contributed by atoms with van der Waals surface area (Å²) in [5.41, 5.74) is 0. The number of carbonyl (C=O) groups excluding carboxylic acids is 3. The largest absolute Gasteiger partial charge is 0.462 e. The van der Waals surface area contributed by atoms with Crippen molar-refractivity contribution < 1.29 is 28.6 Å². The predicted molar refractivity (Wildman–Crippen MR) is 320 cm³/mol. The molecule has 0 rings (SSSR count). The molecule has 0 bridgehead atoms. The van der Waals surface area contributed by atoms with E-state index in [1.165, 1.54) is 141 Å². The van der Waals surface area contributed by atoms with Gasteiger partial charge in [0.2, 0.25) is 0 Å². The number of hydrogen-bond acceptors (Lipinski definition) is 6. The topological polar surface area (TPSA) is 78.9 Å². The number of hydrogen-bond donors (Lipinski definition) is 0. The van der Waals surface area contributed by atoms with Crippen LogP contribution < -0.4 is 0 Å². The highest BCUT2D eigenvalue weighted by Gasteiger charge is 2.19. The van der Waals surface area contributed by atoms with Crippen LogP contribution in [0.5, 0.6) is 0 Å². The summed E-state index contributed by atoms with van der Waals surface area (Å²) in [6, 6.07) is 0. The lowest BCUT2D eigenvalue weighted by molar-refractivity contribution is -0.166. The molecule has 0 aliphatic carbocycles. The molecule has 0 saturated carbocycles. The first kappa shape index (κ1) is 70.1. The minimum Gasteiger partial charge on any atom is -0.462 e. The highest BCUT2D eigenvalue weighted by atomic mass is 16.6. The van der Waals surface area contributed by atoms with Crippen LogP contribution in [0.2, 0.25) is 0 Å². The first-order valence-electron chi connectivity index (χ1n) is 30.9. The maximum Gasteiger partial charge on any atom is 0.306 e. The number of carbonyl (C=O) groups is 3. The zero-order valence-corrected chi connectivity index (χ0v) is 48.3. The molecule has 0 fully saturated rings. The van der Waals surface area contributed by atoms with Crippen molar-refractivity contribution in [3.63, 3.8) is 0 Å². The minimum absolute atomic E-state index is 0.110. The quantitative estimate of drug-likeness (QED) is 0.0261. The molecule has 1 unspecified atom stereocenters. The molecule has 0 aromatic rings. The van der Waals surface area contributed by atoms with E-state index >= 15 is 0 Å². The molecule has 1 atom stereocenters. The van der Waals surface area contributed by atoms with Gasteiger partial charge in [0, 0.05) is 19.3 Å². The molecule has 0 heterocycles. The Kier molecular flexibility index (Phi) is 58.3. The lowest BCUT2D eigenvalue weighted by atomic mass is 10.0. The fourth-order valence-electron chi connectivity index (χ4n) is 8.42. The Balaban J connectivity index is 4.47. The standard InChI is InChI=1S/C68H114O6/c1-4-7-10-13-16-19-22-25-28-30-32-33-34-35-37-38-40-43-46-49-52-55-58-61-67(70)73-64-65(63-72-66(69)60-57-54-51-48-45-42-27-24-21-18-15-12-9-6-3)74-68(71)62-59-56-53-50-47-44-41-39-36-31-29-26-23-20-17-14-11-8-5-2/h8,11,17,20,22,25-26,29-30,32,34-36,39,44,47,53,56,65H,4-7,9-10,12-16,18-19,21,23-24,27-28,31,33,37-38,40-43,45-46,48-52,54-55,57-64H2,1-3H3/b11-8-,20-17-,25-22-,29-26-,32-30-,35-34-,39-36-,47-44-,56-53-. The number of allylic oxidation sites excluding steroid dienone is 18. The van der Waals surface area contributed by atoms with E-state index in [9.17, 15) is 14.4 Å². The third-order valence-corrected chi connectivity index (χ3v) is 13.0. The molecule has 0 radical (unpaired) electrons. The van der Waals surface area contributed by atoms with E-state index in [1.54, 1.807) is 0 Å². The van der Waals surface area contributed by atoms with Crippen molar-refractivity contribution in [2.45, 2.75) is 290 Å². The van der Waals surface area contributed by atoms with Crippen molar-refractivity contribution in [1.82, 2.24) is 0 Å². The third-order valence-electron chi connectivity index (χ3n) is 13.0. The molecule has 0 aliphatic rings. The van der Waals surface area contributed by atoms with Gasteiger partial charge in [0.05, 0.1) is 0 Å². The maximum absolute atomic E-state index is 12.9. The van der Waals surface area contributed by atoms with Gasteiger partial charge in [0.25, 0.3) is 0 Å². The Morgan fingerprint density at radius 3 is 0.878 bits per heavy atom. The zero-order valence-electron chi connectivity index (χ0n) is 48.3. The summed E-state index contributed by atoms with van der Waals surface area (Å²) in [5.74, 6) is -0.996. The average molecular weight is 1030 g/mol. The molecule has 0 spiro atoms. The van der Waals surface area contributed by atoms with Gasteiger partial charge in [-0.2, -0.15) is 0 Å². The SMILES string of the molecule is CC/C=C\C/C=C\C/C=C\C/C=C\C/C=C\C/C=C\CCC(=O)OC(COC(=O)CCCCCCCCCC/C=C\C/C=C\C/C=C\CCCCCCC)COC(=O)CCCCCCCCCCCCCCCC. The highest BCUT2D eigenvalue weighted by molar-refractivity contribution is 5.71. The van der Waals surface area contributed by atoms with E-state index in [1.807, 2.05) is 6.08 Å². The van der Waals surface area contributed by atoms with Crippen LogP contribution in [0.4, 0.5) is 0 Å². The number of ether oxygens (including phenoxy) is 3. The van der Waals surface area contributed by atoms with Crippen LogP contribution in [0, 0.1) is 0 Å². The summed E-state index contributed by atoms with van der Waals surface area (Å²) < 4.78 is 16.8. The van der Waals surface area contributed by atoms with Gasteiger partial charge >= 0.3 is 17.9 Å². The Hall–Kier alpha value is -3.93. The van der Waals surface area contributed by atoms with Crippen molar-refractivity contribution in [3.05, 3.63) is 109 Å². The van der Waals surface area contributed by atoms with Crippen LogP contribution in [0.1, 0.15) is 284 Å². The van der Waals surface area contributed by atoms with Gasteiger partial charge in [-0.1, -0.05) is 278 Å². The van der Waals surface area contributed by atoms with Gasteiger partial charge in [-0.25, -0.2) is 0 Å². The Labute approximate surface area is 457 Å². The summed E-state index contributed by atoms with van der Waals surface area (Å²) in [4.78, 5) is 38.2. The van der Waals surface area contributed by atoms with E-state index in [4.69, 9.17) is 14.2 Å². The van der Waals surface area contributed by atoms with Gasteiger partial charge in [0.1, 0.15) is 13.2 Å². The normalized spacial score (nSPS) is 12.9. The molecule has 0 saturated heterocycles. The van der Waals surface area contributed by atoms with Crippen LogP contribution in [0.25, 0.3) is 0 Å². The summed E-state index contributed by atoms with van der Waals surface area (Å²) in [7, 11) is 0. The molecule has 6 nitrogen and oxygen atoms in total. The van der Waals surface area contributed by atoms with Crippen LogP contribution >= 0.6 is 0 Å². The lowest BCUT2D eigenvalue weighted by Gasteiger charge is -2.18. The minimum atomic E-state index is -0.823. The summed E-state index contributed by atoms with van der Waals surface area (Å²) in [5, 5.41) is 0. The molecular weight excluding hydrogens is 913 g/mol. The smallest absolute Gasteiger partial charge is 0.306 e. The van der Waals surface area contributed by atoms with E-state index in [2.05, 4.69) is 124 Å². The number of rotatable bonds is 55. The monoisotopic (exact) mass is 1030 g/mol. The fraction of sp³-hybridized carbons (Fsp3) is 0.691. The van der Waals surface area contributed by atoms with Crippen molar-refractivity contribution >= 4 is 17.9 Å². The molecule has 0 aliphatic heterocycles. The maximum atomic E-state index is 12.9. The second-order valence-electron chi connectivity index (χ2n) is 20.2. The zero-order chi connectivity index (χ0) is 53.6. The van der Waals surface area contributed by atoms with E-state index in [-0.39, 0.29) is 31.6 Å². The summed E-state index contributed by atoms with van der Waals surface area (Å²) in [6.07, 6.45) is 83.8. The molecule has 0 N–H and O–H groups in total. The van der Waals surface area contributed by atoms with E-state index in [0.29, 0.717) is 19.3 Å². The van der Waals surface area contributed by atoms with Gasteiger partial charge in [-0.05, 0) is 96.3 Å². The lowest BCUT2D eigenvalue weighted by Crippen LogP contribution is -2.30. The Bertz CT molecular complexity index is 1510. The van der Waals surface area contributed by atoms with E-state index < -0.39 is 12.1 Å². The van der Waals surface area contributed by atoms with Gasteiger partial charge in [-0.15, -0.1) is 0 Å². The fourth-order valence-corrected chi connectivity index (χ4v) is 8.42. The average Bonchev–Trinajstić information content (AvgIpc) is 3.40. The van der Waals surface area contributed by atoms with Gasteiger partial charge < -0.3 is 14.2 Å². The number of esters is 3. The Morgan fingerprint density at radius 2 is 0.554 bits per heavy atom. The molecule has 6 heteroatoms. The van der Waals surface area contributed by atoms with Crippen molar-refractivity contribution in [3.8, 4) is 0 Å². The first-order chi connectivity index (χ1) is 36.5. The van der Waals surface area contributed by atoms with Crippen molar-refractivity contribution in [2.24, 2.45) is 0 Å². The second-order valence-corrected chi connectivity index (χ2v) is 20.2. The van der Waals surface area contributed by atoms with Crippen LogP contribution in [-0.2, 0) is 28.6 Å². The predicted octanol–water partition coefficient (Wildman–Crippen LogP) is 21.0. The molecule has 0 aromatic carbocycles. The van der Waals surface area contributed by atoms with Gasteiger partial charge in [-0.3, -0.25) is 14.4 Å². The molecular formula is C68H114O6. The second kappa shape index (κ2) is 61.6. The van der Waals surface area contributed by atoms with Crippen molar-refractivity contribution in [2.75, 3.05) is 13.2 Å². The summed E-state index contributed by atoms with van der Waals surface area (Å²) in [6.45, 7) is 6.46. The first-order valence-corrected chi connectivity index (χ1v) is 30.9. The number of unbranched alkanes of at least 4 members (excludes halogenated alkanes) is 26. The van der Waals surface area contributed by atoms with Crippen LogP contribution in [-0.4, -0.2) is 37.2 Å². The highest BCUT2D eigenvalue weighted by Crippen LogP contribution is 2.15. The Morgan fingerprint density at radius 1 is 0.284 bits per heavy atom. The summed E-state index contributed by atoms with van der Waals surface area (Å²) >= 11 is 0. The molecule has 74 heavy (non-hydrogen) atoms. The third kappa shape index (κ3) is 59.0.